The number of carbonyl (C=O) groups is 2. The van der Waals surface area contributed by atoms with Gasteiger partial charge in [0, 0.05) is 30.1 Å². The molecule has 0 radical (unpaired) electrons. The number of aromatic nitrogens is 1. The van der Waals surface area contributed by atoms with Crippen LogP contribution in [0.25, 0.3) is 16.6 Å². The normalized spacial score (nSPS) is 17.5. The molecule has 0 aliphatic carbocycles. The van der Waals surface area contributed by atoms with Crippen LogP contribution in [0.15, 0.2) is 35.7 Å². The summed E-state index contributed by atoms with van der Waals surface area (Å²) in [4.78, 5) is 29.3. The van der Waals surface area contributed by atoms with Crippen molar-refractivity contribution in [2.45, 2.75) is 6.42 Å². The van der Waals surface area contributed by atoms with Gasteiger partial charge in [0.2, 0.25) is 11.8 Å². The van der Waals surface area contributed by atoms with Crippen LogP contribution in [-0.2, 0) is 9.59 Å². The molecule has 1 fully saturated rings. The van der Waals surface area contributed by atoms with Crippen molar-refractivity contribution in [2.24, 2.45) is 11.7 Å². The first-order valence-corrected chi connectivity index (χ1v) is 8.38. The number of benzene rings is 1. The van der Waals surface area contributed by atoms with E-state index in [1.807, 2.05) is 5.38 Å². The highest BCUT2D eigenvalue weighted by atomic mass is 32.1. The van der Waals surface area contributed by atoms with Gasteiger partial charge in [0.05, 0.1) is 11.6 Å². The maximum Gasteiger partial charge on any atom is 0.246 e. The Hall–Kier alpha value is -2.54. The van der Waals surface area contributed by atoms with Crippen LogP contribution in [0.5, 0.6) is 0 Å². The average Bonchev–Trinajstić information content (AvgIpc) is 3.23. The lowest BCUT2D eigenvalue weighted by Gasteiger charge is -2.12. The Bertz CT molecular complexity index is 785. The van der Waals surface area contributed by atoms with Gasteiger partial charge in [-0.05, 0) is 36.8 Å². The Morgan fingerprint density at radius 3 is 2.75 bits per heavy atom. The van der Waals surface area contributed by atoms with Gasteiger partial charge in [0.25, 0.3) is 0 Å². The second-order valence-corrected chi connectivity index (χ2v) is 6.45. The number of nitrogens with zero attached hydrogens (tertiary/aromatic N) is 2. The lowest BCUT2D eigenvalue weighted by molar-refractivity contribution is -0.125. The summed E-state index contributed by atoms with van der Waals surface area (Å²) in [6, 6.07) is 6.11. The van der Waals surface area contributed by atoms with Gasteiger partial charge in [-0.1, -0.05) is 0 Å². The van der Waals surface area contributed by atoms with Crippen LogP contribution in [0.3, 0.4) is 0 Å². The number of likely N-dealkylation sites (tertiary alicyclic amines) is 1. The zero-order valence-corrected chi connectivity index (χ0v) is 13.6. The van der Waals surface area contributed by atoms with Gasteiger partial charge in [-0.3, -0.25) is 9.59 Å². The minimum absolute atomic E-state index is 0.157. The van der Waals surface area contributed by atoms with Gasteiger partial charge in [-0.15, -0.1) is 11.3 Å². The van der Waals surface area contributed by atoms with E-state index in [9.17, 15) is 14.0 Å². The third kappa shape index (κ3) is 3.68. The summed E-state index contributed by atoms with van der Waals surface area (Å²) < 4.78 is 12.9. The van der Waals surface area contributed by atoms with Gasteiger partial charge < -0.3 is 10.6 Å². The fourth-order valence-corrected chi connectivity index (χ4v) is 3.34. The van der Waals surface area contributed by atoms with Crippen molar-refractivity contribution in [2.75, 3.05) is 13.1 Å². The molecule has 0 unspecified atom stereocenters. The van der Waals surface area contributed by atoms with Crippen LogP contribution in [0.2, 0.25) is 0 Å². The fourth-order valence-electron chi connectivity index (χ4n) is 2.54. The molecule has 7 heteroatoms. The van der Waals surface area contributed by atoms with Gasteiger partial charge in [0.1, 0.15) is 10.8 Å². The maximum absolute atomic E-state index is 12.9. The third-order valence-electron chi connectivity index (χ3n) is 3.91. The first kappa shape index (κ1) is 16.3. The summed E-state index contributed by atoms with van der Waals surface area (Å²) in [6.45, 7) is 0.908. The molecule has 0 bridgehead atoms. The second kappa shape index (κ2) is 6.92. The standard InChI is InChI=1S/C17H16FN3O2S/c18-13-3-1-11(2-4-13)17-20-14(10-24-17)5-6-15(22)21-8-7-12(9-21)16(19)23/h1-6,10,12H,7-9H2,(H2,19,23)/b6-5+/t12-/m0/s1. The number of primary amides is 1. The molecule has 2 aromatic rings. The molecule has 1 saturated heterocycles. The van der Waals surface area contributed by atoms with Crippen molar-refractivity contribution >= 4 is 29.2 Å². The Labute approximate surface area is 142 Å². The van der Waals surface area contributed by atoms with E-state index >= 15 is 0 Å². The summed E-state index contributed by atoms with van der Waals surface area (Å²) in [6.07, 6.45) is 3.71. The average molecular weight is 345 g/mol. The predicted molar refractivity (Wildman–Crippen MR) is 90.4 cm³/mol. The molecular weight excluding hydrogens is 329 g/mol. The molecule has 0 spiro atoms. The molecule has 1 atom stereocenters. The van der Waals surface area contributed by atoms with Crippen molar-refractivity contribution in [3.63, 3.8) is 0 Å². The monoisotopic (exact) mass is 345 g/mol. The molecule has 2 amide bonds. The van der Waals surface area contributed by atoms with Crippen LogP contribution < -0.4 is 5.73 Å². The number of rotatable bonds is 4. The highest BCUT2D eigenvalue weighted by molar-refractivity contribution is 7.13. The maximum atomic E-state index is 12.9. The number of amides is 2. The fraction of sp³-hybridized carbons (Fsp3) is 0.235. The van der Waals surface area contributed by atoms with Crippen LogP contribution in [-0.4, -0.2) is 34.8 Å². The van der Waals surface area contributed by atoms with Gasteiger partial charge in [-0.2, -0.15) is 0 Å². The smallest absolute Gasteiger partial charge is 0.246 e. The number of halogens is 1. The van der Waals surface area contributed by atoms with Gasteiger partial charge in [0.15, 0.2) is 0 Å². The van der Waals surface area contributed by atoms with E-state index in [0.29, 0.717) is 25.2 Å². The van der Waals surface area contributed by atoms with Crippen LogP contribution >= 0.6 is 11.3 Å². The highest BCUT2D eigenvalue weighted by Gasteiger charge is 2.28. The van der Waals surface area contributed by atoms with Crippen LogP contribution in [0, 0.1) is 11.7 Å². The summed E-state index contributed by atoms with van der Waals surface area (Å²) in [5.74, 6) is -1.07. The van der Waals surface area contributed by atoms with Gasteiger partial charge in [-0.25, -0.2) is 9.37 Å². The van der Waals surface area contributed by atoms with Crippen molar-refractivity contribution in [1.82, 2.24) is 9.88 Å². The Morgan fingerprint density at radius 1 is 1.33 bits per heavy atom. The quantitative estimate of drug-likeness (QED) is 0.864. The zero-order chi connectivity index (χ0) is 17.1. The summed E-state index contributed by atoms with van der Waals surface area (Å²) >= 11 is 1.43. The number of hydrogen-bond acceptors (Lipinski definition) is 4. The van der Waals surface area contributed by atoms with Crippen molar-refractivity contribution < 1.29 is 14.0 Å². The lowest BCUT2D eigenvalue weighted by Crippen LogP contribution is -2.30. The molecule has 1 aliphatic heterocycles. The molecule has 3 rings (SSSR count). The Balaban J connectivity index is 1.64. The number of thiazole rings is 1. The predicted octanol–water partition coefficient (Wildman–Crippen LogP) is 2.30. The van der Waals surface area contributed by atoms with Crippen LogP contribution in [0.4, 0.5) is 4.39 Å². The van der Waals surface area contributed by atoms with E-state index in [-0.39, 0.29) is 23.5 Å². The number of nitrogens with two attached hydrogens (primary N) is 1. The first-order chi connectivity index (χ1) is 11.5. The summed E-state index contributed by atoms with van der Waals surface area (Å²) in [5, 5.41) is 2.59. The van der Waals surface area contributed by atoms with E-state index in [2.05, 4.69) is 4.98 Å². The molecule has 1 aromatic carbocycles. The largest absolute Gasteiger partial charge is 0.369 e. The number of hydrogen-bond donors (Lipinski definition) is 1. The van der Waals surface area contributed by atoms with Crippen molar-refractivity contribution in [3.05, 3.63) is 47.2 Å². The Morgan fingerprint density at radius 2 is 2.08 bits per heavy atom. The molecular formula is C17H16FN3O2S. The lowest BCUT2D eigenvalue weighted by atomic mass is 10.1. The van der Waals surface area contributed by atoms with E-state index in [1.165, 1.54) is 29.5 Å². The van der Waals surface area contributed by atoms with E-state index in [0.717, 1.165) is 10.6 Å². The second-order valence-electron chi connectivity index (χ2n) is 5.59. The topological polar surface area (TPSA) is 76.3 Å². The molecule has 1 aliphatic rings. The van der Waals surface area contributed by atoms with E-state index in [1.54, 1.807) is 23.1 Å². The molecule has 124 valence electrons. The molecule has 2 heterocycles. The third-order valence-corrected chi connectivity index (χ3v) is 4.82. The number of carbonyl (C=O) groups excluding carboxylic acids is 2. The Kier molecular flexibility index (Phi) is 4.71. The first-order valence-electron chi connectivity index (χ1n) is 7.50. The van der Waals surface area contributed by atoms with Crippen LogP contribution in [0.1, 0.15) is 12.1 Å². The molecule has 2 N–H and O–H groups in total. The minimum atomic E-state index is -0.363. The zero-order valence-electron chi connectivity index (χ0n) is 12.8. The van der Waals surface area contributed by atoms with Crippen molar-refractivity contribution in [1.29, 1.82) is 0 Å². The molecule has 5 nitrogen and oxygen atoms in total. The molecule has 1 aromatic heterocycles. The van der Waals surface area contributed by atoms with E-state index < -0.39 is 0 Å². The highest BCUT2D eigenvalue weighted by Crippen LogP contribution is 2.24. The van der Waals surface area contributed by atoms with E-state index in [4.69, 9.17) is 5.73 Å². The summed E-state index contributed by atoms with van der Waals surface area (Å²) in [7, 11) is 0. The molecule has 24 heavy (non-hydrogen) atoms. The minimum Gasteiger partial charge on any atom is -0.369 e. The SMILES string of the molecule is NC(=O)[C@H]1CCN(C(=O)/C=C/c2csc(-c3ccc(F)cc3)n2)C1. The summed E-state index contributed by atoms with van der Waals surface area (Å²) in [5.41, 5.74) is 6.76. The molecule has 0 saturated carbocycles. The van der Waals surface area contributed by atoms with Gasteiger partial charge >= 0.3 is 0 Å². The van der Waals surface area contributed by atoms with Crippen molar-refractivity contribution in [3.8, 4) is 10.6 Å².